The molecule has 0 heterocycles. The molecule has 2 rings (SSSR count). The Balaban J connectivity index is 2.01. The van der Waals surface area contributed by atoms with Crippen molar-refractivity contribution in [1.29, 1.82) is 0 Å². The molecule has 1 aromatic carbocycles. The van der Waals surface area contributed by atoms with Crippen LogP contribution in [-0.4, -0.2) is 17.1 Å². The quantitative estimate of drug-likeness (QED) is 0.497. The van der Waals surface area contributed by atoms with Crippen molar-refractivity contribution in [2.24, 2.45) is 5.73 Å². The van der Waals surface area contributed by atoms with Gasteiger partial charge in [0.15, 0.2) is 0 Å². The Labute approximate surface area is 125 Å². The van der Waals surface area contributed by atoms with E-state index in [1.54, 1.807) is 6.07 Å². The van der Waals surface area contributed by atoms with Crippen molar-refractivity contribution in [2.75, 3.05) is 6.61 Å². The van der Waals surface area contributed by atoms with E-state index >= 15 is 0 Å². The van der Waals surface area contributed by atoms with Gasteiger partial charge in [-0.2, -0.15) is 0 Å². The Bertz CT molecular complexity index is 473. The van der Waals surface area contributed by atoms with Crippen LogP contribution in [0.15, 0.2) is 18.2 Å². The third-order valence-electron chi connectivity index (χ3n) is 3.49. The van der Waals surface area contributed by atoms with Crippen LogP contribution in [0.1, 0.15) is 32.1 Å². The van der Waals surface area contributed by atoms with Gasteiger partial charge in [-0.1, -0.05) is 19.3 Å². The molecule has 0 radical (unpaired) electrons. The maximum absolute atomic E-state index is 10.7. The normalized spacial score (nSPS) is 18.0. The molecule has 1 aliphatic rings. The maximum atomic E-state index is 10.7. The van der Waals surface area contributed by atoms with E-state index in [1.807, 2.05) is 22.6 Å². The molecule has 6 heteroatoms. The summed E-state index contributed by atoms with van der Waals surface area (Å²) < 4.78 is 6.50. The molecule has 104 valence electrons. The van der Waals surface area contributed by atoms with E-state index in [9.17, 15) is 10.1 Å². The molecule has 1 fully saturated rings. The molecule has 0 amide bonds. The van der Waals surface area contributed by atoms with Gasteiger partial charge in [0.05, 0.1) is 14.0 Å². The van der Waals surface area contributed by atoms with Gasteiger partial charge < -0.3 is 10.5 Å². The first-order valence-electron chi connectivity index (χ1n) is 6.36. The van der Waals surface area contributed by atoms with Crippen molar-refractivity contribution >= 4 is 28.3 Å². The Morgan fingerprint density at radius 1 is 1.37 bits per heavy atom. The molecule has 1 aliphatic carbocycles. The van der Waals surface area contributed by atoms with Gasteiger partial charge in [0.2, 0.25) is 0 Å². The highest BCUT2D eigenvalue weighted by atomic mass is 127. The lowest BCUT2D eigenvalue weighted by atomic mass is 9.83. The molecule has 5 nitrogen and oxygen atoms in total. The SMILES string of the molecule is NC1(COc2ccc([N+](=O)[O-])cc2I)CCCCC1. The second-order valence-corrected chi connectivity index (χ2v) is 6.25. The highest BCUT2D eigenvalue weighted by molar-refractivity contribution is 14.1. The van der Waals surface area contributed by atoms with Gasteiger partial charge in [0.1, 0.15) is 12.4 Å². The Hall–Kier alpha value is -0.890. The molecule has 2 N–H and O–H groups in total. The first-order chi connectivity index (χ1) is 9.00. The average Bonchev–Trinajstić information content (AvgIpc) is 2.38. The summed E-state index contributed by atoms with van der Waals surface area (Å²) in [5.41, 5.74) is 6.13. The fourth-order valence-electron chi connectivity index (χ4n) is 2.34. The minimum Gasteiger partial charge on any atom is -0.491 e. The Morgan fingerprint density at radius 3 is 2.63 bits per heavy atom. The highest BCUT2D eigenvalue weighted by Gasteiger charge is 2.28. The first kappa shape index (κ1) is 14.5. The second kappa shape index (κ2) is 6.04. The lowest BCUT2D eigenvalue weighted by Gasteiger charge is -2.33. The molecular weight excluding hydrogens is 359 g/mol. The van der Waals surface area contributed by atoms with Crippen molar-refractivity contribution in [3.05, 3.63) is 31.9 Å². The summed E-state index contributed by atoms with van der Waals surface area (Å²) in [6.07, 6.45) is 5.51. The van der Waals surface area contributed by atoms with Gasteiger partial charge >= 0.3 is 0 Å². The van der Waals surface area contributed by atoms with Gasteiger partial charge in [-0.3, -0.25) is 10.1 Å². The van der Waals surface area contributed by atoms with Crippen molar-refractivity contribution in [3.63, 3.8) is 0 Å². The number of halogens is 1. The van der Waals surface area contributed by atoms with E-state index in [-0.39, 0.29) is 11.2 Å². The summed E-state index contributed by atoms with van der Waals surface area (Å²) in [7, 11) is 0. The predicted octanol–water partition coefficient (Wildman–Crippen LogP) is 3.24. The summed E-state index contributed by atoms with van der Waals surface area (Å²) in [4.78, 5) is 10.3. The van der Waals surface area contributed by atoms with Crippen LogP contribution in [0.2, 0.25) is 0 Å². The number of hydrogen-bond donors (Lipinski definition) is 1. The van der Waals surface area contributed by atoms with E-state index in [1.165, 1.54) is 18.6 Å². The number of nitrogens with two attached hydrogens (primary N) is 1. The molecule has 1 aromatic rings. The predicted molar refractivity (Wildman–Crippen MR) is 81.3 cm³/mol. The minimum atomic E-state index is -0.405. The average molecular weight is 376 g/mol. The third kappa shape index (κ3) is 3.79. The molecule has 0 unspecified atom stereocenters. The van der Waals surface area contributed by atoms with Crippen LogP contribution >= 0.6 is 22.6 Å². The molecule has 0 atom stereocenters. The van der Waals surface area contributed by atoms with Gasteiger partial charge in [-0.25, -0.2) is 0 Å². The Morgan fingerprint density at radius 2 is 2.05 bits per heavy atom. The lowest BCUT2D eigenvalue weighted by molar-refractivity contribution is -0.385. The van der Waals surface area contributed by atoms with Crippen molar-refractivity contribution in [2.45, 2.75) is 37.6 Å². The molecule has 0 saturated heterocycles. The van der Waals surface area contributed by atoms with E-state index in [4.69, 9.17) is 10.5 Å². The molecular formula is C13H17IN2O3. The van der Waals surface area contributed by atoms with E-state index in [2.05, 4.69) is 0 Å². The number of nitrogens with zero attached hydrogens (tertiary/aromatic N) is 1. The topological polar surface area (TPSA) is 78.4 Å². The summed E-state index contributed by atoms with van der Waals surface area (Å²) >= 11 is 2.05. The highest BCUT2D eigenvalue weighted by Crippen LogP contribution is 2.29. The van der Waals surface area contributed by atoms with Crippen LogP contribution < -0.4 is 10.5 Å². The number of nitro benzene ring substituents is 1. The van der Waals surface area contributed by atoms with Crippen LogP contribution in [0.3, 0.4) is 0 Å². The van der Waals surface area contributed by atoms with Crippen LogP contribution in [-0.2, 0) is 0 Å². The van der Waals surface area contributed by atoms with Crippen molar-refractivity contribution in [3.8, 4) is 5.75 Å². The number of hydrogen-bond acceptors (Lipinski definition) is 4. The van der Waals surface area contributed by atoms with Crippen LogP contribution in [0.5, 0.6) is 5.75 Å². The van der Waals surface area contributed by atoms with Gasteiger partial charge in [-0.05, 0) is 41.5 Å². The van der Waals surface area contributed by atoms with Crippen LogP contribution in [0.25, 0.3) is 0 Å². The van der Waals surface area contributed by atoms with Crippen LogP contribution in [0, 0.1) is 13.7 Å². The summed E-state index contributed by atoms with van der Waals surface area (Å²) in [6, 6.07) is 4.62. The summed E-state index contributed by atoms with van der Waals surface area (Å²) in [6.45, 7) is 0.473. The van der Waals surface area contributed by atoms with E-state index in [0.717, 1.165) is 29.3 Å². The fraction of sp³-hybridized carbons (Fsp3) is 0.538. The number of ether oxygens (including phenoxy) is 1. The molecule has 1 saturated carbocycles. The molecule has 0 aliphatic heterocycles. The Kier molecular flexibility index (Phi) is 4.62. The van der Waals surface area contributed by atoms with Crippen molar-refractivity contribution in [1.82, 2.24) is 0 Å². The standard InChI is InChI=1S/C13H17IN2O3/c14-11-8-10(16(17)18)4-5-12(11)19-9-13(15)6-2-1-3-7-13/h4-5,8H,1-3,6-7,9,15H2. The van der Waals surface area contributed by atoms with Crippen LogP contribution in [0.4, 0.5) is 5.69 Å². The lowest BCUT2D eigenvalue weighted by Crippen LogP contribution is -2.47. The summed E-state index contributed by atoms with van der Waals surface area (Å²) in [5.74, 6) is 0.668. The molecule has 0 aromatic heterocycles. The summed E-state index contributed by atoms with van der Waals surface area (Å²) in [5, 5.41) is 10.7. The maximum Gasteiger partial charge on any atom is 0.270 e. The van der Waals surface area contributed by atoms with Crippen molar-refractivity contribution < 1.29 is 9.66 Å². The van der Waals surface area contributed by atoms with Gasteiger partial charge in [0, 0.05) is 12.1 Å². The van der Waals surface area contributed by atoms with Gasteiger partial charge in [-0.15, -0.1) is 0 Å². The zero-order valence-electron chi connectivity index (χ0n) is 10.6. The fourth-order valence-corrected chi connectivity index (χ4v) is 3.00. The molecule has 19 heavy (non-hydrogen) atoms. The minimum absolute atomic E-state index is 0.0804. The third-order valence-corrected chi connectivity index (χ3v) is 4.33. The first-order valence-corrected chi connectivity index (χ1v) is 7.44. The van der Waals surface area contributed by atoms with E-state index in [0.29, 0.717) is 12.4 Å². The number of non-ortho nitro benzene ring substituents is 1. The molecule has 0 bridgehead atoms. The zero-order chi connectivity index (χ0) is 13.9. The smallest absolute Gasteiger partial charge is 0.270 e. The number of benzene rings is 1. The number of rotatable bonds is 4. The zero-order valence-corrected chi connectivity index (χ0v) is 12.8. The largest absolute Gasteiger partial charge is 0.491 e. The van der Waals surface area contributed by atoms with E-state index < -0.39 is 4.92 Å². The van der Waals surface area contributed by atoms with Gasteiger partial charge in [0.25, 0.3) is 5.69 Å². The number of nitro groups is 1. The monoisotopic (exact) mass is 376 g/mol. The second-order valence-electron chi connectivity index (χ2n) is 5.08. The molecule has 0 spiro atoms.